The van der Waals surface area contributed by atoms with Gasteiger partial charge in [0.2, 0.25) is 29.5 Å². The zero-order valence-corrected chi connectivity index (χ0v) is 46.1. The van der Waals surface area contributed by atoms with Gasteiger partial charge in [-0.2, -0.15) is 0 Å². The molecule has 0 unspecified atom stereocenters. The fourth-order valence-electron chi connectivity index (χ4n) is 11.2. The van der Waals surface area contributed by atoms with E-state index in [4.69, 9.17) is 37.7 Å². The number of hydrogen-bond donors (Lipinski definition) is 2. The lowest BCUT2D eigenvalue weighted by Crippen LogP contribution is -2.58. The lowest BCUT2D eigenvalue weighted by molar-refractivity contribution is -0.147. The van der Waals surface area contributed by atoms with Gasteiger partial charge in [-0.1, -0.05) is 84.6 Å². The fourth-order valence-corrected chi connectivity index (χ4v) is 11.4. The maximum Gasteiger partial charge on any atom is 0.247 e. The second-order valence-electron chi connectivity index (χ2n) is 20.8. The van der Waals surface area contributed by atoms with Crippen molar-refractivity contribution in [3.63, 3.8) is 0 Å². The van der Waals surface area contributed by atoms with E-state index in [0.717, 1.165) is 54.1 Å². The second kappa shape index (κ2) is 25.7. The van der Waals surface area contributed by atoms with Crippen molar-refractivity contribution < 1.29 is 33.4 Å². The number of nitrogens with one attached hydrogen (secondary N) is 2. The summed E-state index contributed by atoms with van der Waals surface area (Å²) in [6.07, 6.45) is 7.59. The molecule has 2 aliphatic heterocycles. The molecule has 17 heteroatoms. The average Bonchev–Trinajstić information content (AvgIpc) is 4.12. The summed E-state index contributed by atoms with van der Waals surface area (Å²) < 4.78 is 14.3. The molecule has 1 aliphatic carbocycles. The zero-order chi connectivity index (χ0) is 54.0. The van der Waals surface area contributed by atoms with Crippen LogP contribution in [0.2, 0.25) is 10.0 Å². The van der Waals surface area contributed by atoms with Crippen molar-refractivity contribution in [3.05, 3.63) is 136 Å². The van der Waals surface area contributed by atoms with Crippen molar-refractivity contribution in [2.75, 3.05) is 40.9 Å². The van der Waals surface area contributed by atoms with E-state index in [0.29, 0.717) is 46.4 Å². The standard InChI is InChI=1S/C59H72Cl2N8O7/c1-38(68-28-12-13-29-68)56-62-35-52(66(56)4)42-21-26-48(27-22-42)76-53-33-46(61)25-20-43(53)36-69-39(2)57(72)64-50(37-75-6)59(74)65(3)47(31-41-18-23-45(60)24-19-41)34-54(70)63-49-16-10-11-17-51(49)67(5)58(73)44(32-55(69)71)30-40-14-8-7-9-15-40/h7-9,14-15,18-27,33,35,38-39,44,47,49-51H,10-13,16-17,28-32,34,36-37H2,1-6H3,(H,63,70)(H,64,72)/t38-,39+,44-,47+,49+,50+,51+/m1/s1. The van der Waals surface area contributed by atoms with Crippen molar-refractivity contribution in [2.45, 2.75) is 121 Å². The van der Waals surface area contributed by atoms with Crippen LogP contribution in [-0.4, -0.2) is 130 Å². The summed E-state index contributed by atoms with van der Waals surface area (Å²) in [4.78, 5) is 85.9. The van der Waals surface area contributed by atoms with Crippen LogP contribution >= 0.6 is 23.2 Å². The number of ether oxygens (including phenoxy) is 2. The molecule has 5 amide bonds. The molecule has 8 rings (SSSR count). The van der Waals surface area contributed by atoms with E-state index in [1.165, 1.54) is 29.8 Å². The predicted molar refractivity (Wildman–Crippen MR) is 295 cm³/mol. The molecule has 4 aromatic carbocycles. The van der Waals surface area contributed by atoms with Crippen LogP contribution in [-0.2, 0) is 55.1 Å². The smallest absolute Gasteiger partial charge is 0.247 e. The molecular formula is C59H72Cl2N8O7. The first kappa shape index (κ1) is 56.0. The number of rotatable bonds is 13. The first-order valence-electron chi connectivity index (χ1n) is 26.6. The topological polar surface area (TPSA) is 159 Å². The molecular weight excluding hydrogens is 1000 g/mol. The zero-order valence-electron chi connectivity index (χ0n) is 44.6. The summed E-state index contributed by atoms with van der Waals surface area (Å²) in [6.45, 7) is 5.64. The summed E-state index contributed by atoms with van der Waals surface area (Å²) in [6, 6.07) is 26.1. The van der Waals surface area contributed by atoms with Gasteiger partial charge in [0.05, 0.1) is 43.0 Å². The van der Waals surface area contributed by atoms with E-state index in [9.17, 15) is 14.4 Å². The third-order valence-corrected chi connectivity index (χ3v) is 16.2. The third kappa shape index (κ3) is 13.6. The molecule has 3 heterocycles. The van der Waals surface area contributed by atoms with E-state index in [1.807, 2.05) is 80.0 Å². The van der Waals surface area contributed by atoms with Crippen molar-refractivity contribution in [1.29, 1.82) is 0 Å². The van der Waals surface area contributed by atoms with Crippen LogP contribution in [0, 0.1) is 5.92 Å². The predicted octanol–water partition coefficient (Wildman–Crippen LogP) is 8.80. The molecule has 0 spiro atoms. The highest BCUT2D eigenvalue weighted by Gasteiger charge is 2.39. The van der Waals surface area contributed by atoms with Crippen molar-refractivity contribution in [1.82, 2.24) is 39.8 Å². The number of nitrogens with zero attached hydrogens (tertiary/aromatic N) is 6. The number of methoxy groups -OCH3 is 1. The van der Waals surface area contributed by atoms with Crippen molar-refractivity contribution in [3.8, 4) is 22.8 Å². The SMILES string of the molecule is COC[C@@H]1NC(=O)[C@H](C)N(Cc2ccc(Cl)cc2Oc2ccc(-c3cnc([C@@H](C)N4CCCC4)n3C)cc2)C(=O)C[C@@H](Cc2ccccc2)C(=O)N(C)[C@H]2CCCC[C@@H]2NC(=O)C[C@H](Cc2ccc(Cl)cc2)N(C)C1=O. The number of amides is 5. The summed E-state index contributed by atoms with van der Waals surface area (Å²) >= 11 is 12.9. The number of fused-ring (bicyclic) bond motifs is 1. The van der Waals surface area contributed by atoms with Gasteiger partial charge >= 0.3 is 0 Å². The molecule has 0 bridgehead atoms. The Kier molecular flexibility index (Phi) is 18.9. The first-order valence-corrected chi connectivity index (χ1v) is 27.4. The molecule has 1 saturated carbocycles. The Bertz CT molecular complexity index is 2810. The van der Waals surface area contributed by atoms with Gasteiger partial charge < -0.3 is 39.4 Å². The van der Waals surface area contributed by atoms with E-state index < -0.39 is 41.8 Å². The van der Waals surface area contributed by atoms with Crippen LogP contribution in [0.4, 0.5) is 0 Å². The Morgan fingerprint density at radius 3 is 2.14 bits per heavy atom. The molecule has 76 heavy (non-hydrogen) atoms. The molecule has 15 nitrogen and oxygen atoms in total. The van der Waals surface area contributed by atoms with Crippen LogP contribution in [0.1, 0.15) is 93.8 Å². The monoisotopic (exact) mass is 1070 g/mol. The molecule has 404 valence electrons. The summed E-state index contributed by atoms with van der Waals surface area (Å²) in [5.41, 5.74) is 4.21. The number of likely N-dealkylation sites (tertiary alicyclic amines) is 1. The minimum atomic E-state index is -1.19. The highest BCUT2D eigenvalue weighted by Crippen LogP contribution is 2.34. The van der Waals surface area contributed by atoms with Gasteiger partial charge in [0.15, 0.2) is 0 Å². The minimum absolute atomic E-state index is 0.0477. The second-order valence-corrected chi connectivity index (χ2v) is 21.6. The normalized spacial score (nSPS) is 23.2. The molecule has 2 saturated heterocycles. The highest BCUT2D eigenvalue weighted by atomic mass is 35.5. The number of likely N-dealkylation sites (N-methyl/N-ethyl adjacent to an activating group) is 2. The van der Waals surface area contributed by atoms with Crippen molar-refractivity contribution >= 4 is 52.7 Å². The Labute approximate surface area is 457 Å². The van der Waals surface area contributed by atoms with Crippen LogP contribution in [0.15, 0.2) is 103 Å². The Morgan fingerprint density at radius 1 is 0.750 bits per heavy atom. The molecule has 3 aliphatic rings. The molecule has 2 N–H and O–H groups in total. The molecule has 5 aromatic rings. The Morgan fingerprint density at radius 2 is 1.43 bits per heavy atom. The number of aromatic nitrogens is 2. The number of carbonyl (C=O) groups is 5. The van der Waals surface area contributed by atoms with E-state index >= 15 is 9.59 Å². The number of halogens is 2. The van der Waals surface area contributed by atoms with Gasteiger partial charge in [0.1, 0.15) is 29.4 Å². The van der Waals surface area contributed by atoms with Gasteiger partial charge in [-0.3, -0.25) is 28.9 Å². The van der Waals surface area contributed by atoms with Crippen LogP contribution < -0.4 is 15.4 Å². The number of imidazole rings is 1. The van der Waals surface area contributed by atoms with Crippen LogP contribution in [0.25, 0.3) is 11.3 Å². The molecule has 0 radical (unpaired) electrons. The Hall–Kier alpha value is -6.26. The maximum absolute atomic E-state index is 15.3. The minimum Gasteiger partial charge on any atom is -0.457 e. The highest BCUT2D eigenvalue weighted by molar-refractivity contribution is 6.31. The first-order chi connectivity index (χ1) is 36.6. The molecule has 3 fully saturated rings. The summed E-state index contributed by atoms with van der Waals surface area (Å²) in [7, 11) is 6.85. The lowest BCUT2D eigenvalue weighted by atomic mass is 9.87. The number of benzene rings is 4. The third-order valence-electron chi connectivity index (χ3n) is 15.7. The van der Waals surface area contributed by atoms with Crippen LogP contribution in [0.5, 0.6) is 11.5 Å². The van der Waals surface area contributed by atoms with E-state index in [1.54, 1.807) is 56.3 Å². The number of carbonyl (C=O) groups excluding carboxylic acids is 5. The van der Waals surface area contributed by atoms with Gasteiger partial charge in [-0.15, -0.1) is 0 Å². The average molecular weight is 1080 g/mol. The van der Waals surface area contributed by atoms with Gasteiger partial charge in [-0.05, 0) is 125 Å². The van der Waals surface area contributed by atoms with Crippen LogP contribution in [0.3, 0.4) is 0 Å². The lowest BCUT2D eigenvalue weighted by Gasteiger charge is -2.40. The van der Waals surface area contributed by atoms with Gasteiger partial charge in [0, 0.05) is 74.4 Å². The van der Waals surface area contributed by atoms with E-state index in [2.05, 4.69) is 27.0 Å². The molecule has 1 aromatic heterocycles. The quantitative estimate of drug-likeness (QED) is 0.118. The maximum atomic E-state index is 15.3. The number of hydrogen-bond acceptors (Lipinski definition) is 9. The largest absolute Gasteiger partial charge is 0.457 e. The molecule has 7 atom stereocenters. The fraction of sp³-hybridized carbons (Fsp3) is 0.458. The van der Waals surface area contributed by atoms with Crippen molar-refractivity contribution in [2.24, 2.45) is 13.0 Å². The summed E-state index contributed by atoms with van der Waals surface area (Å²) in [5, 5.41) is 7.11. The van der Waals surface area contributed by atoms with Gasteiger partial charge in [-0.25, -0.2) is 4.98 Å². The Balaban J connectivity index is 1.13. The summed E-state index contributed by atoms with van der Waals surface area (Å²) in [5.74, 6) is -1.03. The van der Waals surface area contributed by atoms with E-state index in [-0.39, 0.29) is 62.4 Å². The van der Waals surface area contributed by atoms with Gasteiger partial charge in [0.25, 0.3) is 0 Å².